The Labute approximate surface area is 111 Å². The van der Waals surface area contributed by atoms with Gasteiger partial charge < -0.3 is 4.74 Å². The molecule has 0 bridgehead atoms. The molecule has 0 radical (unpaired) electrons. The van der Waals surface area contributed by atoms with Crippen LogP contribution >= 0.6 is 0 Å². The third-order valence-electron chi connectivity index (χ3n) is 6.04. The van der Waals surface area contributed by atoms with E-state index in [1.807, 2.05) is 5.57 Å². The Balaban J connectivity index is 1.75. The highest BCUT2D eigenvalue weighted by molar-refractivity contribution is 5.30. The molecular weight excluding hydrogens is 220 g/mol. The average Bonchev–Trinajstić information content (AvgIpc) is 2.89. The molecule has 18 heavy (non-hydrogen) atoms. The monoisotopic (exact) mass is 246 g/mol. The van der Waals surface area contributed by atoms with Crippen LogP contribution in [0, 0.1) is 5.92 Å². The van der Waals surface area contributed by atoms with E-state index in [0.717, 1.165) is 5.92 Å². The van der Waals surface area contributed by atoms with E-state index in [1.54, 1.807) is 5.57 Å². The van der Waals surface area contributed by atoms with Crippen molar-refractivity contribution >= 4 is 0 Å². The van der Waals surface area contributed by atoms with Gasteiger partial charge in [0.05, 0.1) is 11.7 Å². The maximum atomic E-state index is 6.75. The highest BCUT2D eigenvalue weighted by Crippen LogP contribution is 2.54. The van der Waals surface area contributed by atoms with Gasteiger partial charge in [-0.25, -0.2) is 0 Å². The van der Waals surface area contributed by atoms with Crippen molar-refractivity contribution < 1.29 is 4.74 Å². The molecule has 0 amide bonds. The summed E-state index contributed by atoms with van der Waals surface area (Å²) >= 11 is 0. The highest BCUT2D eigenvalue weighted by atomic mass is 16.5. The van der Waals surface area contributed by atoms with Crippen LogP contribution in [0.2, 0.25) is 0 Å². The van der Waals surface area contributed by atoms with Crippen molar-refractivity contribution in [3.05, 3.63) is 11.1 Å². The van der Waals surface area contributed by atoms with Crippen LogP contribution in [0.15, 0.2) is 11.1 Å². The molecule has 0 N–H and O–H groups in total. The maximum Gasteiger partial charge on any atom is 0.0795 e. The fourth-order valence-electron chi connectivity index (χ4n) is 5.26. The van der Waals surface area contributed by atoms with Crippen molar-refractivity contribution in [1.82, 2.24) is 0 Å². The smallest absolute Gasteiger partial charge is 0.0795 e. The Morgan fingerprint density at radius 1 is 0.778 bits per heavy atom. The highest BCUT2D eigenvalue weighted by Gasteiger charge is 2.50. The van der Waals surface area contributed by atoms with Crippen molar-refractivity contribution in [2.75, 3.05) is 0 Å². The summed E-state index contributed by atoms with van der Waals surface area (Å²) in [5.74, 6) is 0.818. The van der Waals surface area contributed by atoms with Gasteiger partial charge in [0.25, 0.3) is 0 Å². The second kappa shape index (κ2) is 4.37. The minimum absolute atomic E-state index is 0.293. The molecule has 0 aromatic heterocycles. The molecule has 1 nitrogen and oxygen atoms in total. The molecule has 2 atom stereocenters. The van der Waals surface area contributed by atoms with E-state index >= 15 is 0 Å². The first kappa shape index (κ1) is 11.5. The van der Waals surface area contributed by atoms with Crippen LogP contribution in [0.25, 0.3) is 0 Å². The maximum absolute atomic E-state index is 6.75. The first-order chi connectivity index (χ1) is 8.89. The lowest BCUT2D eigenvalue weighted by atomic mass is 9.67. The largest absolute Gasteiger partial charge is 0.367 e. The van der Waals surface area contributed by atoms with Crippen LogP contribution in [0.5, 0.6) is 0 Å². The second-order valence-electron chi connectivity index (χ2n) is 6.97. The predicted octanol–water partition coefficient (Wildman–Crippen LogP) is 4.76. The lowest BCUT2D eigenvalue weighted by Gasteiger charge is -2.50. The lowest BCUT2D eigenvalue weighted by molar-refractivity contribution is -0.128. The number of fused-ring (bicyclic) bond motifs is 3. The van der Waals surface area contributed by atoms with Crippen molar-refractivity contribution in [1.29, 1.82) is 0 Å². The molecule has 1 aliphatic heterocycles. The molecule has 4 rings (SSSR count). The summed E-state index contributed by atoms with van der Waals surface area (Å²) in [5.41, 5.74) is 3.95. The number of rotatable bonds is 0. The summed E-state index contributed by atoms with van der Waals surface area (Å²) in [6, 6.07) is 0. The van der Waals surface area contributed by atoms with E-state index in [0.29, 0.717) is 11.7 Å². The molecule has 0 aromatic carbocycles. The summed E-state index contributed by atoms with van der Waals surface area (Å²) in [7, 11) is 0. The molecule has 4 aliphatic rings. The Morgan fingerprint density at radius 2 is 1.50 bits per heavy atom. The van der Waals surface area contributed by atoms with Crippen molar-refractivity contribution in [2.24, 2.45) is 5.92 Å². The second-order valence-corrected chi connectivity index (χ2v) is 6.97. The number of ether oxygens (including phenoxy) is 1. The first-order valence-corrected chi connectivity index (χ1v) is 8.29. The third-order valence-corrected chi connectivity index (χ3v) is 6.04. The molecular formula is C17H26O. The van der Waals surface area contributed by atoms with Crippen molar-refractivity contribution in [3.8, 4) is 0 Å². The molecule has 100 valence electrons. The molecule has 0 aromatic rings. The fraction of sp³-hybridized carbons (Fsp3) is 0.882. The van der Waals surface area contributed by atoms with Crippen LogP contribution in [0.4, 0.5) is 0 Å². The van der Waals surface area contributed by atoms with Crippen LogP contribution in [0.3, 0.4) is 0 Å². The minimum Gasteiger partial charge on any atom is -0.367 e. The zero-order chi connectivity index (χ0) is 12.0. The molecule has 3 aliphatic carbocycles. The van der Waals surface area contributed by atoms with Gasteiger partial charge in [0.1, 0.15) is 0 Å². The van der Waals surface area contributed by atoms with Gasteiger partial charge in [0.15, 0.2) is 0 Å². The van der Waals surface area contributed by atoms with Crippen LogP contribution < -0.4 is 0 Å². The van der Waals surface area contributed by atoms with Crippen molar-refractivity contribution in [3.63, 3.8) is 0 Å². The molecule has 0 saturated heterocycles. The third kappa shape index (κ3) is 1.62. The van der Waals surface area contributed by atoms with E-state index in [-0.39, 0.29) is 0 Å². The summed E-state index contributed by atoms with van der Waals surface area (Å²) in [6.45, 7) is 0. The van der Waals surface area contributed by atoms with E-state index in [2.05, 4.69) is 0 Å². The SMILES string of the molecule is C1CC[C@@H]2OC3(CCCC3)[C@@H]3CCCCC3=C2C1. The topological polar surface area (TPSA) is 9.23 Å². The lowest BCUT2D eigenvalue weighted by Crippen LogP contribution is -2.48. The van der Waals surface area contributed by atoms with E-state index in [1.165, 1.54) is 77.0 Å². The normalized spacial score (nSPS) is 38.7. The summed E-state index contributed by atoms with van der Waals surface area (Å²) in [4.78, 5) is 0. The summed E-state index contributed by atoms with van der Waals surface area (Å²) < 4.78 is 6.75. The Hall–Kier alpha value is -0.300. The fourth-order valence-corrected chi connectivity index (χ4v) is 5.26. The van der Waals surface area contributed by atoms with Gasteiger partial charge in [0.2, 0.25) is 0 Å². The van der Waals surface area contributed by atoms with Gasteiger partial charge in [0, 0.05) is 5.92 Å². The molecule has 1 heteroatoms. The number of hydrogen-bond donors (Lipinski definition) is 0. The van der Waals surface area contributed by atoms with Gasteiger partial charge in [-0.05, 0) is 56.9 Å². The standard InChI is InChI=1S/C17H26O/c1-3-9-15-13(7-1)14-8-2-4-10-16(14)18-17(15)11-5-6-12-17/h15-16H,1-12H2/t15-,16+/m1/s1. The van der Waals surface area contributed by atoms with Crippen LogP contribution in [-0.2, 0) is 4.74 Å². The zero-order valence-corrected chi connectivity index (χ0v) is 11.5. The van der Waals surface area contributed by atoms with E-state index in [4.69, 9.17) is 4.74 Å². The molecule has 1 spiro atoms. The molecule has 1 heterocycles. The van der Waals surface area contributed by atoms with Gasteiger partial charge in [-0.2, -0.15) is 0 Å². The minimum atomic E-state index is 0.293. The van der Waals surface area contributed by atoms with Gasteiger partial charge in [-0.3, -0.25) is 0 Å². The first-order valence-electron chi connectivity index (χ1n) is 8.29. The van der Waals surface area contributed by atoms with Gasteiger partial charge in [-0.15, -0.1) is 0 Å². The van der Waals surface area contributed by atoms with E-state index < -0.39 is 0 Å². The molecule has 0 unspecified atom stereocenters. The quantitative estimate of drug-likeness (QED) is 0.560. The molecule has 3 fully saturated rings. The van der Waals surface area contributed by atoms with Gasteiger partial charge >= 0.3 is 0 Å². The zero-order valence-electron chi connectivity index (χ0n) is 11.5. The Morgan fingerprint density at radius 3 is 2.33 bits per heavy atom. The summed E-state index contributed by atoms with van der Waals surface area (Å²) in [5, 5.41) is 0. The van der Waals surface area contributed by atoms with Crippen molar-refractivity contribution in [2.45, 2.75) is 88.8 Å². The summed E-state index contributed by atoms with van der Waals surface area (Å²) in [6.07, 6.45) is 17.2. The van der Waals surface area contributed by atoms with Gasteiger partial charge in [-0.1, -0.05) is 31.3 Å². The molecule has 3 saturated carbocycles. The average molecular weight is 246 g/mol. The van der Waals surface area contributed by atoms with E-state index in [9.17, 15) is 0 Å². The van der Waals surface area contributed by atoms with Crippen LogP contribution in [-0.4, -0.2) is 11.7 Å². The Kier molecular flexibility index (Phi) is 2.80. The van der Waals surface area contributed by atoms with Crippen LogP contribution in [0.1, 0.15) is 77.0 Å². The Bertz CT molecular complexity index is 362. The predicted molar refractivity (Wildman–Crippen MR) is 73.5 cm³/mol. The number of hydrogen-bond acceptors (Lipinski definition) is 1.